The summed E-state index contributed by atoms with van der Waals surface area (Å²) in [5.74, 6) is -5.01. The molecule has 122 valence electrons. The Bertz CT molecular complexity index is 694. The summed E-state index contributed by atoms with van der Waals surface area (Å²) in [5, 5.41) is 2.36. The van der Waals surface area contributed by atoms with Crippen molar-refractivity contribution in [2.75, 3.05) is 12.3 Å². The first kappa shape index (κ1) is 16.8. The fourth-order valence-corrected chi connectivity index (χ4v) is 4.14. The Kier molecular flexibility index (Phi) is 4.76. The Morgan fingerprint density at radius 3 is 2.64 bits per heavy atom. The fourth-order valence-electron chi connectivity index (χ4n) is 2.40. The molecule has 1 unspecified atom stereocenters. The largest absolute Gasteiger partial charge is 0.351 e. The topological polar surface area (TPSA) is 66.5 Å². The van der Waals surface area contributed by atoms with Gasteiger partial charge in [-0.15, -0.1) is 0 Å². The minimum absolute atomic E-state index is 0.127. The van der Waals surface area contributed by atoms with Crippen molar-refractivity contribution in [1.82, 2.24) is 9.62 Å². The van der Waals surface area contributed by atoms with E-state index < -0.39 is 39.4 Å². The van der Waals surface area contributed by atoms with Crippen molar-refractivity contribution in [2.24, 2.45) is 0 Å². The SMILES string of the molecule is CCN1C(C(=O)NCc2ccc(F)c(F)c2F)CCS1(=O)=O. The quantitative estimate of drug-likeness (QED) is 0.839. The van der Waals surface area contributed by atoms with Gasteiger partial charge < -0.3 is 5.32 Å². The maximum Gasteiger partial charge on any atom is 0.238 e. The molecule has 1 N–H and O–H groups in total. The second-order valence-corrected chi connectivity index (χ2v) is 6.92. The second-order valence-electron chi connectivity index (χ2n) is 4.88. The predicted octanol–water partition coefficient (Wildman–Crippen LogP) is 1.14. The van der Waals surface area contributed by atoms with Crippen molar-refractivity contribution >= 4 is 15.9 Å². The van der Waals surface area contributed by atoms with Crippen LogP contribution in [0.4, 0.5) is 13.2 Å². The number of rotatable bonds is 4. The summed E-state index contributed by atoms with van der Waals surface area (Å²) in [6.07, 6.45) is 0.141. The van der Waals surface area contributed by atoms with Crippen molar-refractivity contribution in [2.45, 2.75) is 25.9 Å². The molecule has 1 atom stereocenters. The molecular weight excluding hydrogens is 321 g/mol. The van der Waals surface area contributed by atoms with Gasteiger partial charge >= 0.3 is 0 Å². The van der Waals surface area contributed by atoms with E-state index in [-0.39, 0.29) is 30.8 Å². The number of carbonyl (C=O) groups excluding carboxylic acids is 1. The van der Waals surface area contributed by atoms with E-state index >= 15 is 0 Å². The molecular formula is C13H15F3N2O3S. The van der Waals surface area contributed by atoms with Crippen LogP contribution in [0.2, 0.25) is 0 Å². The van der Waals surface area contributed by atoms with E-state index in [4.69, 9.17) is 0 Å². The van der Waals surface area contributed by atoms with Crippen molar-refractivity contribution in [1.29, 1.82) is 0 Å². The van der Waals surface area contributed by atoms with Gasteiger partial charge in [0.05, 0.1) is 5.75 Å². The summed E-state index contributed by atoms with van der Waals surface area (Å²) in [4.78, 5) is 12.0. The number of sulfonamides is 1. The van der Waals surface area contributed by atoms with Crippen LogP contribution in [-0.2, 0) is 21.4 Å². The van der Waals surface area contributed by atoms with Gasteiger partial charge in [-0.05, 0) is 12.5 Å². The maximum atomic E-state index is 13.5. The van der Waals surface area contributed by atoms with E-state index in [0.29, 0.717) is 0 Å². The van der Waals surface area contributed by atoms with Gasteiger partial charge in [-0.1, -0.05) is 13.0 Å². The molecule has 1 aromatic rings. The highest BCUT2D eigenvalue weighted by atomic mass is 32.2. The Morgan fingerprint density at radius 2 is 2.00 bits per heavy atom. The average Bonchev–Trinajstić information content (AvgIpc) is 2.78. The third kappa shape index (κ3) is 3.09. The molecule has 1 aliphatic rings. The van der Waals surface area contributed by atoms with Crippen molar-refractivity contribution < 1.29 is 26.4 Å². The van der Waals surface area contributed by atoms with Crippen LogP contribution >= 0.6 is 0 Å². The number of halogens is 3. The van der Waals surface area contributed by atoms with E-state index in [1.807, 2.05) is 0 Å². The Balaban J connectivity index is 2.07. The van der Waals surface area contributed by atoms with Crippen LogP contribution in [0, 0.1) is 17.5 Å². The number of carbonyl (C=O) groups is 1. The molecule has 1 fully saturated rings. The minimum atomic E-state index is -3.45. The van der Waals surface area contributed by atoms with E-state index in [9.17, 15) is 26.4 Å². The van der Waals surface area contributed by atoms with Gasteiger partial charge in [-0.2, -0.15) is 4.31 Å². The summed E-state index contributed by atoms with van der Waals surface area (Å²) >= 11 is 0. The lowest BCUT2D eigenvalue weighted by Crippen LogP contribution is -2.44. The predicted molar refractivity (Wildman–Crippen MR) is 72.7 cm³/mol. The van der Waals surface area contributed by atoms with Crippen molar-refractivity contribution in [3.05, 3.63) is 35.1 Å². The van der Waals surface area contributed by atoms with Gasteiger partial charge in [0.25, 0.3) is 0 Å². The number of likely N-dealkylation sites (N-methyl/N-ethyl adjacent to an activating group) is 1. The molecule has 22 heavy (non-hydrogen) atoms. The Labute approximate surface area is 126 Å². The zero-order valence-corrected chi connectivity index (χ0v) is 12.6. The average molecular weight is 336 g/mol. The molecule has 0 saturated carbocycles. The molecule has 5 nitrogen and oxygen atoms in total. The molecule has 1 aliphatic heterocycles. The van der Waals surface area contributed by atoms with Crippen molar-refractivity contribution in [3.8, 4) is 0 Å². The van der Waals surface area contributed by atoms with E-state index in [0.717, 1.165) is 16.4 Å². The summed E-state index contributed by atoms with van der Waals surface area (Å²) in [6, 6.07) is 0.929. The zero-order chi connectivity index (χ0) is 16.5. The van der Waals surface area contributed by atoms with Gasteiger partial charge in [0.2, 0.25) is 15.9 Å². The molecule has 0 radical (unpaired) electrons. The Morgan fingerprint density at radius 1 is 1.32 bits per heavy atom. The molecule has 1 aromatic carbocycles. The zero-order valence-electron chi connectivity index (χ0n) is 11.8. The molecule has 1 amide bonds. The fraction of sp³-hybridized carbons (Fsp3) is 0.462. The first-order valence-electron chi connectivity index (χ1n) is 6.67. The summed E-state index contributed by atoms with van der Waals surface area (Å²) in [7, 11) is -3.45. The van der Waals surface area contributed by atoms with Gasteiger partial charge in [0, 0.05) is 18.7 Å². The summed E-state index contributed by atoms with van der Waals surface area (Å²) < 4.78 is 63.9. The molecule has 9 heteroatoms. The first-order valence-corrected chi connectivity index (χ1v) is 8.28. The molecule has 2 rings (SSSR count). The van der Waals surface area contributed by atoms with Crippen LogP contribution in [0.15, 0.2) is 12.1 Å². The smallest absolute Gasteiger partial charge is 0.238 e. The number of hydrogen-bond donors (Lipinski definition) is 1. The number of hydrogen-bond acceptors (Lipinski definition) is 3. The lowest BCUT2D eigenvalue weighted by molar-refractivity contribution is -0.124. The monoisotopic (exact) mass is 336 g/mol. The Hall–Kier alpha value is -1.61. The van der Waals surface area contributed by atoms with Crippen molar-refractivity contribution in [3.63, 3.8) is 0 Å². The van der Waals surface area contributed by atoms with Crippen LogP contribution in [0.1, 0.15) is 18.9 Å². The number of nitrogens with one attached hydrogen (secondary N) is 1. The molecule has 0 spiro atoms. The standard InChI is InChI=1S/C13H15F3N2O3S/c1-2-18-10(5-6-22(18,20)21)13(19)17-7-8-3-4-9(14)12(16)11(8)15/h3-4,10H,2,5-7H2,1H3,(H,17,19). The summed E-state index contributed by atoms with van der Waals surface area (Å²) in [6.45, 7) is 1.41. The van der Waals surface area contributed by atoms with Crippen LogP contribution < -0.4 is 5.32 Å². The van der Waals surface area contributed by atoms with E-state index in [1.165, 1.54) is 0 Å². The van der Waals surface area contributed by atoms with Gasteiger partial charge in [-0.3, -0.25) is 4.79 Å². The first-order chi connectivity index (χ1) is 10.3. The highest BCUT2D eigenvalue weighted by molar-refractivity contribution is 7.89. The second kappa shape index (κ2) is 6.25. The molecule has 1 heterocycles. The normalized spacial score (nSPS) is 21.0. The van der Waals surface area contributed by atoms with Crippen LogP contribution in [-0.4, -0.2) is 37.0 Å². The van der Waals surface area contributed by atoms with Crippen LogP contribution in [0.5, 0.6) is 0 Å². The highest BCUT2D eigenvalue weighted by Crippen LogP contribution is 2.21. The van der Waals surface area contributed by atoms with Gasteiger partial charge in [0.1, 0.15) is 6.04 Å². The van der Waals surface area contributed by atoms with Gasteiger partial charge in [-0.25, -0.2) is 21.6 Å². The van der Waals surface area contributed by atoms with E-state index in [1.54, 1.807) is 6.92 Å². The maximum absolute atomic E-state index is 13.5. The molecule has 0 bridgehead atoms. The molecule has 0 aromatic heterocycles. The third-order valence-electron chi connectivity index (χ3n) is 3.54. The van der Waals surface area contributed by atoms with E-state index in [2.05, 4.69) is 5.32 Å². The molecule has 1 saturated heterocycles. The summed E-state index contributed by atoms with van der Waals surface area (Å²) in [5.41, 5.74) is -0.212. The molecule has 0 aliphatic carbocycles. The highest BCUT2D eigenvalue weighted by Gasteiger charge is 2.40. The lowest BCUT2D eigenvalue weighted by Gasteiger charge is -2.20. The van der Waals surface area contributed by atoms with Crippen LogP contribution in [0.3, 0.4) is 0 Å². The number of benzene rings is 1. The number of amides is 1. The number of nitrogens with zero attached hydrogens (tertiary/aromatic N) is 1. The third-order valence-corrected chi connectivity index (χ3v) is 5.52. The lowest BCUT2D eigenvalue weighted by atomic mass is 10.1. The minimum Gasteiger partial charge on any atom is -0.351 e. The van der Waals surface area contributed by atoms with Crippen LogP contribution in [0.25, 0.3) is 0 Å². The van der Waals surface area contributed by atoms with Gasteiger partial charge in [0.15, 0.2) is 17.5 Å².